The van der Waals surface area contributed by atoms with Crippen LogP contribution in [0.5, 0.6) is 0 Å². The number of benzene rings is 1. The molecule has 0 unspecified atom stereocenters. The van der Waals surface area contributed by atoms with Crippen LogP contribution in [0.25, 0.3) is 0 Å². The van der Waals surface area contributed by atoms with Crippen LogP contribution in [-0.2, 0) is 16.1 Å². The first-order valence-corrected chi connectivity index (χ1v) is 9.60. The van der Waals surface area contributed by atoms with E-state index in [0.717, 1.165) is 34.8 Å². The number of fused-ring (bicyclic) bond motifs is 1. The first-order chi connectivity index (χ1) is 12.5. The second-order valence-corrected chi connectivity index (χ2v) is 7.83. The van der Waals surface area contributed by atoms with Crippen molar-refractivity contribution in [1.29, 1.82) is 0 Å². The predicted octanol–water partition coefficient (Wildman–Crippen LogP) is 2.35. The standard InChI is InChI=1S/C18H20N4O3S/c1-11-3-6-13-14(7-11)26-10-17(24)22(13)9-16(23)21(2)8-15-19-18(20-25-15)12-4-5-12/h3,6-7,12H,4-5,8-10H2,1-2H3. The minimum absolute atomic E-state index is 0.00950. The summed E-state index contributed by atoms with van der Waals surface area (Å²) in [5.41, 5.74) is 1.93. The van der Waals surface area contributed by atoms with Gasteiger partial charge in [-0.25, -0.2) is 0 Å². The largest absolute Gasteiger partial charge is 0.337 e. The number of hydrogen-bond acceptors (Lipinski definition) is 6. The first-order valence-electron chi connectivity index (χ1n) is 8.61. The van der Waals surface area contributed by atoms with Gasteiger partial charge in [0.2, 0.25) is 17.7 Å². The number of carbonyl (C=O) groups excluding carboxylic acids is 2. The highest BCUT2D eigenvalue weighted by Crippen LogP contribution is 2.38. The lowest BCUT2D eigenvalue weighted by Gasteiger charge is -2.30. The number of thioether (sulfide) groups is 1. The van der Waals surface area contributed by atoms with Crippen molar-refractivity contribution < 1.29 is 14.1 Å². The highest BCUT2D eigenvalue weighted by Gasteiger charge is 2.30. The number of rotatable bonds is 5. The monoisotopic (exact) mass is 372 g/mol. The van der Waals surface area contributed by atoms with E-state index in [1.165, 1.54) is 16.7 Å². The topological polar surface area (TPSA) is 79.5 Å². The zero-order chi connectivity index (χ0) is 18.3. The molecule has 2 heterocycles. The minimum Gasteiger partial charge on any atom is -0.337 e. The van der Waals surface area contributed by atoms with Crippen LogP contribution in [0, 0.1) is 6.92 Å². The van der Waals surface area contributed by atoms with Crippen molar-refractivity contribution in [1.82, 2.24) is 15.0 Å². The number of aromatic nitrogens is 2. The van der Waals surface area contributed by atoms with Gasteiger partial charge in [0.1, 0.15) is 6.54 Å². The summed E-state index contributed by atoms with van der Waals surface area (Å²) in [5, 5.41) is 3.96. The third-order valence-corrected chi connectivity index (χ3v) is 5.61. The summed E-state index contributed by atoms with van der Waals surface area (Å²) in [7, 11) is 1.68. The van der Waals surface area contributed by atoms with E-state index in [0.29, 0.717) is 17.6 Å². The van der Waals surface area contributed by atoms with Crippen LogP contribution in [0.2, 0.25) is 0 Å². The molecule has 4 rings (SSSR count). The molecule has 1 aliphatic heterocycles. The molecule has 26 heavy (non-hydrogen) atoms. The smallest absolute Gasteiger partial charge is 0.246 e. The fourth-order valence-corrected chi connectivity index (χ4v) is 3.90. The molecule has 7 nitrogen and oxygen atoms in total. The Hall–Kier alpha value is -2.35. The maximum Gasteiger partial charge on any atom is 0.246 e. The minimum atomic E-state index is -0.164. The lowest BCUT2D eigenvalue weighted by atomic mass is 10.2. The lowest BCUT2D eigenvalue weighted by Crippen LogP contribution is -2.43. The van der Waals surface area contributed by atoms with Gasteiger partial charge in [-0.2, -0.15) is 4.98 Å². The Labute approximate surface area is 155 Å². The zero-order valence-electron chi connectivity index (χ0n) is 14.8. The zero-order valence-corrected chi connectivity index (χ0v) is 15.6. The maximum absolute atomic E-state index is 12.6. The van der Waals surface area contributed by atoms with Gasteiger partial charge < -0.3 is 14.3 Å². The number of amides is 2. The van der Waals surface area contributed by atoms with Crippen molar-refractivity contribution in [2.75, 3.05) is 24.2 Å². The number of aryl methyl sites for hydroxylation is 1. The van der Waals surface area contributed by atoms with Gasteiger partial charge >= 0.3 is 0 Å². The van der Waals surface area contributed by atoms with Crippen LogP contribution in [0.1, 0.15) is 36.0 Å². The third kappa shape index (κ3) is 3.46. The molecule has 1 fully saturated rings. The van der Waals surface area contributed by atoms with E-state index in [1.54, 1.807) is 11.9 Å². The highest BCUT2D eigenvalue weighted by molar-refractivity contribution is 8.00. The average Bonchev–Trinajstić information content (AvgIpc) is 3.37. The quantitative estimate of drug-likeness (QED) is 0.802. The molecule has 0 bridgehead atoms. The van der Waals surface area contributed by atoms with Gasteiger partial charge in [-0.15, -0.1) is 11.8 Å². The molecule has 2 aromatic rings. The number of anilines is 1. The second-order valence-electron chi connectivity index (χ2n) is 6.81. The molecule has 1 aromatic heterocycles. The SMILES string of the molecule is Cc1ccc2c(c1)SCC(=O)N2CC(=O)N(C)Cc1nc(C2CC2)no1. The third-order valence-electron chi connectivity index (χ3n) is 4.58. The molecule has 0 spiro atoms. The Morgan fingerprint density at radius 1 is 1.42 bits per heavy atom. The molecule has 136 valence electrons. The molecule has 1 aliphatic carbocycles. The summed E-state index contributed by atoms with van der Waals surface area (Å²) in [6.45, 7) is 2.27. The summed E-state index contributed by atoms with van der Waals surface area (Å²) >= 11 is 1.51. The van der Waals surface area contributed by atoms with Gasteiger partial charge in [0.05, 0.1) is 18.0 Å². The van der Waals surface area contributed by atoms with E-state index >= 15 is 0 Å². The van der Waals surface area contributed by atoms with E-state index in [4.69, 9.17) is 4.52 Å². The van der Waals surface area contributed by atoms with Crippen LogP contribution in [0.3, 0.4) is 0 Å². The predicted molar refractivity (Wildman–Crippen MR) is 97.0 cm³/mol. The molecule has 8 heteroatoms. The number of hydrogen-bond donors (Lipinski definition) is 0. The number of carbonyl (C=O) groups is 2. The van der Waals surface area contributed by atoms with Gasteiger partial charge in [-0.3, -0.25) is 9.59 Å². The van der Waals surface area contributed by atoms with Crippen LogP contribution in [0.15, 0.2) is 27.6 Å². The van der Waals surface area contributed by atoms with E-state index in [9.17, 15) is 9.59 Å². The summed E-state index contributed by atoms with van der Waals surface area (Å²) in [6.07, 6.45) is 2.20. The highest BCUT2D eigenvalue weighted by atomic mass is 32.2. The van der Waals surface area contributed by atoms with Crippen molar-refractivity contribution in [3.8, 4) is 0 Å². The molecule has 1 aromatic carbocycles. The molecule has 0 saturated heterocycles. The Morgan fingerprint density at radius 3 is 3.00 bits per heavy atom. The van der Waals surface area contributed by atoms with Crippen LogP contribution >= 0.6 is 11.8 Å². The van der Waals surface area contributed by atoms with E-state index in [2.05, 4.69) is 10.1 Å². The number of nitrogens with zero attached hydrogens (tertiary/aromatic N) is 4. The van der Waals surface area contributed by atoms with Crippen LogP contribution < -0.4 is 4.90 Å². The second kappa shape index (κ2) is 6.75. The summed E-state index contributed by atoms with van der Waals surface area (Å²) < 4.78 is 5.23. The Morgan fingerprint density at radius 2 is 2.23 bits per heavy atom. The van der Waals surface area contributed by atoms with Crippen LogP contribution in [0.4, 0.5) is 5.69 Å². The maximum atomic E-state index is 12.6. The molecule has 1 saturated carbocycles. The normalized spacial score (nSPS) is 16.5. The van der Waals surface area contributed by atoms with Crippen molar-refractivity contribution in [2.45, 2.75) is 37.1 Å². The molecule has 0 radical (unpaired) electrons. The summed E-state index contributed by atoms with van der Waals surface area (Å²) in [4.78, 5) is 33.4. The van der Waals surface area contributed by atoms with E-state index < -0.39 is 0 Å². The van der Waals surface area contributed by atoms with Gasteiger partial charge in [0.15, 0.2) is 5.82 Å². The van der Waals surface area contributed by atoms with Gasteiger partial charge in [-0.05, 0) is 37.5 Å². The Balaban J connectivity index is 1.44. The van der Waals surface area contributed by atoms with E-state index in [-0.39, 0.29) is 24.9 Å². The molecule has 0 N–H and O–H groups in total. The van der Waals surface area contributed by atoms with Crippen LogP contribution in [-0.4, -0.2) is 46.2 Å². The van der Waals surface area contributed by atoms with Crippen molar-refractivity contribution in [2.24, 2.45) is 0 Å². The van der Waals surface area contributed by atoms with Gasteiger partial charge in [0, 0.05) is 17.9 Å². The van der Waals surface area contributed by atoms with Gasteiger partial charge in [0.25, 0.3) is 0 Å². The van der Waals surface area contributed by atoms with Crippen molar-refractivity contribution in [3.05, 3.63) is 35.5 Å². The average molecular weight is 372 g/mol. The lowest BCUT2D eigenvalue weighted by molar-refractivity contribution is -0.130. The fourth-order valence-electron chi connectivity index (χ4n) is 2.87. The summed E-state index contributed by atoms with van der Waals surface area (Å²) in [5.74, 6) is 1.71. The first kappa shape index (κ1) is 17.1. The van der Waals surface area contributed by atoms with Gasteiger partial charge in [-0.1, -0.05) is 11.2 Å². The number of likely N-dealkylation sites (N-methyl/N-ethyl adjacent to an activating group) is 1. The van der Waals surface area contributed by atoms with Crippen molar-refractivity contribution >= 4 is 29.3 Å². The Kier molecular flexibility index (Phi) is 4.44. The molecule has 0 atom stereocenters. The molecular formula is C18H20N4O3S. The Bertz CT molecular complexity index is 862. The van der Waals surface area contributed by atoms with E-state index in [1.807, 2.05) is 25.1 Å². The fraction of sp³-hybridized carbons (Fsp3) is 0.444. The molecule has 2 amide bonds. The molecule has 2 aliphatic rings. The summed E-state index contributed by atoms with van der Waals surface area (Å²) in [6, 6.07) is 5.91. The van der Waals surface area contributed by atoms with Crippen molar-refractivity contribution in [3.63, 3.8) is 0 Å². The molecular weight excluding hydrogens is 352 g/mol.